The molecule has 0 spiro atoms. The molecular weight excluding hydrogens is 354 g/mol. The van der Waals surface area contributed by atoms with E-state index in [9.17, 15) is 0 Å². The standard InChI is InChI=1S/C22H27N3OS/c1-15-10-22(25-21-7-6-19(26-2)12-20(15)21)24-18-5-3-4-17(11-18)23-13-16-8-9-27-14-16/h6-10,12,14,17-18,23H,3-5,11,13H2,1-2H3,(H,24,25)/t17-,18-/m0/s1. The van der Waals surface area contributed by atoms with Crippen LogP contribution >= 0.6 is 11.3 Å². The number of hydrogen-bond acceptors (Lipinski definition) is 5. The Balaban J connectivity index is 1.42. The summed E-state index contributed by atoms with van der Waals surface area (Å²) in [5.41, 5.74) is 3.63. The molecule has 5 heteroatoms. The van der Waals surface area contributed by atoms with E-state index in [0.717, 1.165) is 35.4 Å². The third kappa shape index (κ3) is 4.42. The van der Waals surface area contributed by atoms with Crippen LogP contribution in [0.25, 0.3) is 10.9 Å². The number of rotatable bonds is 6. The molecular formula is C22H27N3OS. The topological polar surface area (TPSA) is 46.2 Å². The van der Waals surface area contributed by atoms with Crippen LogP contribution in [0, 0.1) is 6.92 Å². The Hall–Kier alpha value is -2.11. The number of ether oxygens (including phenoxy) is 1. The molecule has 1 saturated carbocycles. The summed E-state index contributed by atoms with van der Waals surface area (Å²) in [4.78, 5) is 4.83. The predicted octanol–water partition coefficient (Wildman–Crippen LogP) is 5.13. The molecule has 1 aliphatic carbocycles. The van der Waals surface area contributed by atoms with Gasteiger partial charge in [-0.2, -0.15) is 11.3 Å². The Morgan fingerprint density at radius 3 is 2.89 bits per heavy atom. The van der Waals surface area contributed by atoms with Gasteiger partial charge in [0.25, 0.3) is 0 Å². The van der Waals surface area contributed by atoms with Crippen molar-refractivity contribution in [1.29, 1.82) is 0 Å². The summed E-state index contributed by atoms with van der Waals surface area (Å²) in [6.07, 6.45) is 4.86. The first-order chi connectivity index (χ1) is 13.2. The van der Waals surface area contributed by atoms with Gasteiger partial charge in [0.05, 0.1) is 12.6 Å². The molecule has 1 aromatic carbocycles. The van der Waals surface area contributed by atoms with Crippen LogP contribution in [-0.2, 0) is 6.54 Å². The fraction of sp³-hybridized carbons (Fsp3) is 0.409. The van der Waals surface area contributed by atoms with Crippen LogP contribution in [0.3, 0.4) is 0 Å². The van der Waals surface area contributed by atoms with E-state index < -0.39 is 0 Å². The van der Waals surface area contributed by atoms with E-state index in [1.54, 1.807) is 18.4 Å². The second-order valence-electron chi connectivity index (χ2n) is 7.42. The van der Waals surface area contributed by atoms with Gasteiger partial charge in [0.1, 0.15) is 11.6 Å². The fourth-order valence-corrected chi connectivity index (χ4v) is 4.61. The monoisotopic (exact) mass is 381 g/mol. The summed E-state index contributed by atoms with van der Waals surface area (Å²) in [6.45, 7) is 3.11. The van der Waals surface area contributed by atoms with E-state index in [4.69, 9.17) is 9.72 Å². The zero-order chi connectivity index (χ0) is 18.6. The largest absolute Gasteiger partial charge is 0.497 e. The number of anilines is 1. The van der Waals surface area contributed by atoms with Gasteiger partial charge in [-0.1, -0.05) is 0 Å². The fourth-order valence-electron chi connectivity index (χ4n) is 3.95. The van der Waals surface area contributed by atoms with Crippen LogP contribution < -0.4 is 15.4 Å². The summed E-state index contributed by atoms with van der Waals surface area (Å²) in [6, 6.07) is 11.5. The van der Waals surface area contributed by atoms with Gasteiger partial charge in [0.2, 0.25) is 0 Å². The van der Waals surface area contributed by atoms with E-state index >= 15 is 0 Å². The first-order valence-corrected chi connectivity index (χ1v) is 10.6. The molecule has 0 radical (unpaired) electrons. The van der Waals surface area contributed by atoms with Crippen molar-refractivity contribution < 1.29 is 4.74 Å². The second-order valence-corrected chi connectivity index (χ2v) is 8.20. The van der Waals surface area contributed by atoms with Crippen LogP contribution in [0.5, 0.6) is 5.75 Å². The minimum absolute atomic E-state index is 0.473. The lowest BCUT2D eigenvalue weighted by molar-refractivity contribution is 0.350. The zero-order valence-corrected chi connectivity index (χ0v) is 16.8. The Bertz CT molecular complexity index is 894. The number of benzene rings is 1. The molecule has 0 bridgehead atoms. The van der Waals surface area contributed by atoms with Crippen LogP contribution in [0.15, 0.2) is 41.1 Å². The molecule has 3 aromatic rings. The molecule has 142 valence electrons. The Morgan fingerprint density at radius 1 is 1.19 bits per heavy atom. The third-order valence-electron chi connectivity index (χ3n) is 5.42. The summed E-state index contributed by atoms with van der Waals surface area (Å²) in [7, 11) is 1.70. The van der Waals surface area contributed by atoms with Crippen molar-refractivity contribution in [2.45, 2.75) is 51.2 Å². The van der Waals surface area contributed by atoms with Crippen LogP contribution in [0.2, 0.25) is 0 Å². The second kappa shape index (κ2) is 8.28. The van der Waals surface area contributed by atoms with Crippen molar-refractivity contribution >= 4 is 28.1 Å². The SMILES string of the molecule is COc1ccc2nc(N[C@H]3CCC[C@H](NCc4ccsc4)C3)cc(C)c2c1. The number of thiophene rings is 1. The number of fused-ring (bicyclic) bond motifs is 1. The van der Waals surface area contributed by atoms with Crippen LogP contribution in [0.4, 0.5) is 5.82 Å². The minimum Gasteiger partial charge on any atom is -0.497 e. The molecule has 0 unspecified atom stereocenters. The predicted molar refractivity (Wildman–Crippen MR) is 114 cm³/mol. The molecule has 1 aliphatic rings. The number of pyridine rings is 1. The molecule has 0 aliphatic heterocycles. The molecule has 0 amide bonds. The highest BCUT2D eigenvalue weighted by molar-refractivity contribution is 7.07. The van der Waals surface area contributed by atoms with E-state index in [-0.39, 0.29) is 0 Å². The molecule has 1 fully saturated rings. The van der Waals surface area contributed by atoms with Gasteiger partial charge in [-0.15, -0.1) is 0 Å². The number of nitrogens with zero attached hydrogens (tertiary/aromatic N) is 1. The molecule has 2 atom stereocenters. The normalized spacial score (nSPS) is 19.9. The Kier molecular flexibility index (Phi) is 5.60. The van der Waals surface area contributed by atoms with Gasteiger partial charge in [-0.3, -0.25) is 0 Å². The first kappa shape index (κ1) is 18.3. The lowest BCUT2D eigenvalue weighted by atomic mass is 9.91. The minimum atomic E-state index is 0.473. The summed E-state index contributed by atoms with van der Waals surface area (Å²) in [5.74, 6) is 1.86. The summed E-state index contributed by atoms with van der Waals surface area (Å²) < 4.78 is 5.34. The molecule has 2 aromatic heterocycles. The Morgan fingerprint density at radius 2 is 2.07 bits per heavy atom. The van der Waals surface area contributed by atoms with Gasteiger partial charge in [0.15, 0.2) is 0 Å². The average molecular weight is 382 g/mol. The lowest BCUT2D eigenvalue weighted by Crippen LogP contribution is -2.38. The lowest BCUT2D eigenvalue weighted by Gasteiger charge is -2.31. The summed E-state index contributed by atoms with van der Waals surface area (Å²) >= 11 is 1.76. The van der Waals surface area contributed by atoms with Gasteiger partial charge in [-0.25, -0.2) is 4.98 Å². The number of hydrogen-bond donors (Lipinski definition) is 2. The quantitative estimate of drug-likeness (QED) is 0.622. The highest BCUT2D eigenvalue weighted by Crippen LogP contribution is 2.27. The summed E-state index contributed by atoms with van der Waals surface area (Å²) in [5, 5.41) is 12.9. The van der Waals surface area contributed by atoms with Crippen molar-refractivity contribution in [3.63, 3.8) is 0 Å². The maximum Gasteiger partial charge on any atom is 0.127 e. The van der Waals surface area contributed by atoms with E-state index in [1.165, 1.54) is 30.4 Å². The van der Waals surface area contributed by atoms with Crippen molar-refractivity contribution in [1.82, 2.24) is 10.3 Å². The molecule has 4 rings (SSSR count). The van der Waals surface area contributed by atoms with Crippen LogP contribution in [0.1, 0.15) is 36.8 Å². The molecule has 2 heterocycles. The average Bonchev–Trinajstić information content (AvgIpc) is 3.20. The molecule has 27 heavy (non-hydrogen) atoms. The van der Waals surface area contributed by atoms with Gasteiger partial charge < -0.3 is 15.4 Å². The Labute approximate surface area is 165 Å². The third-order valence-corrected chi connectivity index (χ3v) is 6.16. The molecule has 4 nitrogen and oxygen atoms in total. The van der Waals surface area contributed by atoms with Crippen molar-refractivity contribution in [3.8, 4) is 5.75 Å². The van der Waals surface area contributed by atoms with Gasteiger partial charge in [0, 0.05) is 24.0 Å². The maximum absolute atomic E-state index is 5.34. The van der Waals surface area contributed by atoms with Crippen LogP contribution in [-0.4, -0.2) is 24.2 Å². The number of nitrogens with one attached hydrogen (secondary N) is 2. The highest BCUT2D eigenvalue weighted by atomic mass is 32.1. The van der Waals surface area contributed by atoms with Crippen molar-refractivity contribution in [2.75, 3.05) is 12.4 Å². The number of methoxy groups -OCH3 is 1. The van der Waals surface area contributed by atoms with Gasteiger partial charge in [-0.05, 0) is 84.8 Å². The molecule has 0 saturated heterocycles. The highest BCUT2D eigenvalue weighted by Gasteiger charge is 2.22. The van der Waals surface area contributed by atoms with E-state index in [2.05, 4.69) is 46.5 Å². The van der Waals surface area contributed by atoms with Crippen molar-refractivity contribution in [2.24, 2.45) is 0 Å². The van der Waals surface area contributed by atoms with E-state index in [0.29, 0.717) is 12.1 Å². The zero-order valence-electron chi connectivity index (χ0n) is 16.0. The van der Waals surface area contributed by atoms with E-state index in [1.807, 2.05) is 12.1 Å². The smallest absolute Gasteiger partial charge is 0.127 e. The number of aromatic nitrogens is 1. The maximum atomic E-state index is 5.34. The molecule has 2 N–H and O–H groups in total. The van der Waals surface area contributed by atoms with Crippen molar-refractivity contribution in [3.05, 3.63) is 52.2 Å². The first-order valence-electron chi connectivity index (χ1n) is 9.67. The van der Waals surface area contributed by atoms with Gasteiger partial charge >= 0.3 is 0 Å². The number of aryl methyl sites for hydroxylation is 1.